The first-order valence-corrected chi connectivity index (χ1v) is 7.10. The quantitative estimate of drug-likeness (QED) is 0.896. The number of nitrogens with two attached hydrogens (primary N) is 1. The summed E-state index contributed by atoms with van der Waals surface area (Å²) < 4.78 is 0. The van der Waals surface area contributed by atoms with Crippen LogP contribution < -0.4 is 5.73 Å². The molecule has 2 heterocycles. The van der Waals surface area contributed by atoms with Gasteiger partial charge in [0.2, 0.25) is 0 Å². The van der Waals surface area contributed by atoms with Gasteiger partial charge in [-0.3, -0.25) is 14.8 Å². The van der Waals surface area contributed by atoms with Gasteiger partial charge in [-0.25, -0.2) is 0 Å². The van der Waals surface area contributed by atoms with E-state index in [1.807, 2.05) is 6.20 Å². The molecular weight excluding hydrogens is 236 g/mol. The molecule has 0 atom stereocenters. The molecule has 0 radical (unpaired) electrons. The first kappa shape index (κ1) is 14.4. The summed E-state index contributed by atoms with van der Waals surface area (Å²) in [6.07, 6.45) is 1.89. The van der Waals surface area contributed by atoms with Crippen molar-refractivity contribution < 1.29 is 0 Å². The summed E-state index contributed by atoms with van der Waals surface area (Å²) in [5.74, 6) is 0. The van der Waals surface area contributed by atoms with E-state index in [0.29, 0.717) is 6.54 Å². The number of piperazine rings is 1. The molecule has 0 aliphatic carbocycles. The SMILES string of the molecule is CC(C)(C)N1CCN(Cc2ccc(CN)cn2)CC1. The number of aromatic nitrogens is 1. The van der Waals surface area contributed by atoms with Gasteiger partial charge in [0.05, 0.1) is 5.69 Å². The number of hydrogen-bond acceptors (Lipinski definition) is 4. The smallest absolute Gasteiger partial charge is 0.0544 e. The van der Waals surface area contributed by atoms with Gasteiger partial charge in [-0.2, -0.15) is 0 Å². The zero-order valence-corrected chi connectivity index (χ0v) is 12.4. The Bertz CT molecular complexity index is 386. The van der Waals surface area contributed by atoms with E-state index >= 15 is 0 Å². The van der Waals surface area contributed by atoms with Gasteiger partial charge in [-0.05, 0) is 32.4 Å². The van der Waals surface area contributed by atoms with Crippen molar-refractivity contribution in [3.63, 3.8) is 0 Å². The standard InChI is InChI=1S/C15H26N4/c1-15(2,3)19-8-6-18(7-9-19)12-14-5-4-13(10-16)11-17-14/h4-5,11H,6-10,12,16H2,1-3H3. The second-order valence-electron chi connectivity index (χ2n) is 6.30. The molecule has 0 bridgehead atoms. The molecule has 1 aliphatic rings. The lowest BCUT2D eigenvalue weighted by molar-refractivity contribution is 0.0586. The highest BCUT2D eigenvalue weighted by Gasteiger charge is 2.25. The van der Waals surface area contributed by atoms with E-state index in [9.17, 15) is 0 Å². The second-order valence-corrected chi connectivity index (χ2v) is 6.30. The Morgan fingerprint density at radius 3 is 2.32 bits per heavy atom. The molecule has 0 spiro atoms. The predicted octanol–water partition coefficient (Wildman–Crippen LogP) is 1.46. The summed E-state index contributed by atoms with van der Waals surface area (Å²) in [6.45, 7) is 12.9. The van der Waals surface area contributed by atoms with Crippen LogP contribution in [0.15, 0.2) is 18.3 Å². The van der Waals surface area contributed by atoms with Crippen LogP contribution in [-0.2, 0) is 13.1 Å². The highest BCUT2D eigenvalue weighted by Crippen LogP contribution is 2.16. The molecule has 4 heteroatoms. The average molecular weight is 262 g/mol. The summed E-state index contributed by atoms with van der Waals surface area (Å²) in [5.41, 5.74) is 8.11. The Kier molecular flexibility index (Phi) is 4.55. The maximum absolute atomic E-state index is 5.58. The van der Waals surface area contributed by atoms with Crippen LogP contribution in [0, 0.1) is 0 Å². The lowest BCUT2D eigenvalue weighted by Gasteiger charge is -2.42. The van der Waals surface area contributed by atoms with Gasteiger partial charge in [0.25, 0.3) is 0 Å². The molecule has 1 fully saturated rings. The van der Waals surface area contributed by atoms with Gasteiger partial charge in [0, 0.05) is 51.0 Å². The zero-order chi connectivity index (χ0) is 13.9. The largest absolute Gasteiger partial charge is 0.326 e. The van der Waals surface area contributed by atoms with Gasteiger partial charge in [0.1, 0.15) is 0 Å². The van der Waals surface area contributed by atoms with Crippen molar-refractivity contribution in [2.75, 3.05) is 26.2 Å². The van der Waals surface area contributed by atoms with Crippen LogP contribution in [0.2, 0.25) is 0 Å². The molecule has 1 saturated heterocycles. The van der Waals surface area contributed by atoms with Crippen LogP contribution >= 0.6 is 0 Å². The van der Waals surface area contributed by atoms with Crippen molar-refractivity contribution >= 4 is 0 Å². The van der Waals surface area contributed by atoms with Gasteiger partial charge in [-0.1, -0.05) is 6.07 Å². The fourth-order valence-corrected chi connectivity index (χ4v) is 2.48. The third-order valence-electron chi connectivity index (χ3n) is 3.83. The summed E-state index contributed by atoms with van der Waals surface area (Å²) in [5, 5.41) is 0. The third-order valence-corrected chi connectivity index (χ3v) is 3.83. The van der Waals surface area contributed by atoms with E-state index in [0.717, 1.165) is 44.0 Å². The number of hydrogen-bond donors (Lipinski definition) is 1. The third kappa shape index (κ3) is 4.00. The average Bonchev–Trinajstić information content (AvgIpc) is 2.39. The second kappa shape index (κ2) is 5.99. The van der Waals surface area contributed by atoms with Crippen molar-refractivity contribution in [2.24, 2.45) is 5.73 Å². The van der Waals surface area contributed by atoms with Crippen LogP contribution in [-0.4, -0.2) is 46.5 Å². The van der Waals surface area contributed by atoms with Crippen LogP contribution in [0.1, 0.15) is 32.0 Å². The first-order chi connectivity index (χ1) is 8.99. The maximum Gasteiger partial charge on any atom is 0.0544 e. The molecule has 1 aromatic rings. The monoisotopic (exact) mass is 262 g/mol. The normalized spacial score (nSPS) is 18.7. The van der Waals surface area contributed by atoms with Crippen LogP contribution in [0.4, 0.5) is 0 Å². The van der Waals surface area contributed by atoms with Crippen LogP contribution in [0.5, 0.6) is 0 Å². The molecule has 0 unspecified atom stereocenters. The number of pyridine rings is 1. The number of nitrogens with zero attached hydrogens (tertiary/aromatic N) is 3. The molecule has 2 N–H and O–H groups in total. The fourth-order valence-electron chi connectivity index (χ4n) is 2.48. The lowest BCUT2D eigenvalue weighted by atomic mass is 10.0. The van der Waals surface area contributed by atoms with E-state index < -0.39 is 0 Å². The maximum atomic E-state index is 5.58. The minimum atomic E-state index is 0.285. The van der Waals surface area contributed by atoms with Crippen LogP contribution in [0.3, 0.4) is 0 Å². The van der Waals surface area contributed by atoms with Crippen LogP contribution in [0.25, 0.3) is 0 Å². The zero-order valence-electron chi connectivity index (χ0n) is 12.4. The van der Waals surface area contributed by atoms with E-state index in [4.69, 9.17) is 5.73 Å². The highest BCUT2D eigenvalue weighted by atomic mass is 15.3. The Balaban J connectivity index is 1.85. The first-order valence-electron chi connectivity index (χ1n) is 7.10. The molecule has 1 aliphatic heterocycles. The summed E-state index contributed by atoms with van der Waals surface area (Å²) in [6, 6.07) is 4.17. The Labute approximate surface area is 116 Å². The molecule has 1 aromatic heterocycles. The lowest BCUT2D eigenvalue weighted by Crippen LogP contribution is -2.53. The summed E-state index contributed by atoms with van der Waals surface area (Å²) in [4.78, 5) is 9.51. The van der Waals surface area contributed by atoms with E-state index in [1.165, 1.54) is 0 Å². The predicted molar refractivity (Wildman–Crippen MR) is 78.7 cm³/mol. The van der Waals surface area contributed by atoms with E-state index in [1.54, 1.807) is 0 Å². The topological polar surface area (TPSA) is 45.4 Å². The van der Waals surface area contributed by atoms with E-state index in [-0.39, 0.29) is 5.54 Å². The van der Waals surface area contributed by atoms with Crippen molar-refractivity contribution in [1.29, 1.82) is 0 Å². The molecular formula is C15H26N4. The Morgan fingerprint density at radius 1 is 1.16 bits per heavy atom. The Hall–Kier alpha value is -0.970. The molecule has 106 valence electrons. The molecule has 2 rings (SSSR count). The van der Waals surface area contributed by atoms with Crippen molar-refractivity contribution in [1.82, 2.24) is 14.8 Å². The van der Waals surface area contributed by atoms with Crippen molar-refractivity contribution in [2.45, 2.75) is 39.4 Å². The molecule has 0 aromatic carbocycles. The minimum absolute atomic E-state index is 0.285. The highest BCUT2D eigenvalue weighted by molar-refractivity contribution is 5.13. The van der Waals surface area contributed by atoms with E-state index in [2.05, 4.69) is 47.7 Å². The van der Waals surface area contributed by atoms with Gasteiger partial charge < -0.3 is 5.73 Å². The summed E-state index contributed by atoms with van der Waals surface area (Å²) >= 11 is 0. The van der Waals surface area contributed by atoms with Gasteiger partial charge >= 0.3 is 0 Å². The minimum Gasteiger partial charge on any atom is -0.326 e. The number of rotatable bonds is 3. The van der Waals surface area contributed by atoms with Crippen molar-refractivity contribution in [3.8, 4) is 0 Å². The van der Waals surface area contributed by atoms with Gasteiger partial charge in [-0.15, -0.1) is 0 Å². The molecule has 0 amide bonds. The van der Waals surface area contributed by atoms with Crippen molar-refractivity contribution in [3.05, 3.63) is 29.6 Å². The summed E-state index contributed by atoms with van der Waals surface area (Å²) in [7, 11) is 0. The molecule has 0 saturated carbocycles. The fraction of sp³-hybridized carbons (Fsp3) is 0.667. The molecule has 19 heavy (non-hydrogen) atoms. The molecule has 4 nitrogen and oxygen atoms in total. The Morgan fingerprint density at radius 2 is 1.84 bits per heavy atom. The van der Waals surface area contributed by atoms with Gasteiger partial charge in [0.15, 0.2) is 0 Å².